The maximum Gasteiger partial charge on any atom is 0.242 e. The Morgan fingerprint density at radius 1 is 1.35 bits per heavy atom. The molecule has 1 aliphatic rings. The van der Waals surface area contributed by atoms with Gasteiger partial charge in [0, 0.05) is 36.6 Å². The number of amides is 2. The minimum absolute atomic E-state index is 0.0534. The van der Waals surface area contributed by atoms with Gasteiger partial charge in [-0.3, -0.25) is 9.59 Å². The number of methoxy groups -OCH3 is 1. The minimum atomic E-state index is -0.0534. The standard InChI is InChI=1S/C17H23BrN2O3/c1-19(11-13-10-14(18)7-8-15(13)23-2)17(22)12-20-9-5-3-4-6-16(20)21/h7-8,10H,3-6,9,11-12H2,1-2H3. The lowest BCUT2D eigenvalue weighted by Gasteiger charge is -2.24. The largest absolute Gasteiger partial charge is 0.496 e. The van der Waals surface area contributed by atoms with E-state index in [4.69, 9.17) is 4.74 Å². The molecule has 1 aromatic carbocycles. The zero-order chi connectivity index (χ0) is 16.8. The molecule has 0 aliphatic carbocycles. The number of hydrogen-bond donors (Lipinski definition) is 0. The van der Waals surface area contributed by atoms with E-state index in [0.29, 0.717) is 19.5 Å². The third-order valence-electron chi connectivity index (χ3n) is 4.07. The molecule has 23 heavy (non-hydrogen) atoms. The number of carbonyl (C=O) groups excluding carboxylic acids is 2. The summed E-state index contributed by atoms with van der Waals surface area (Å²) in [5.41, 5.74) is 0.930. The summed E-state index contributed by atoms with van der Waals surface area (Å²) in [6.45, 7) is 1.29. The van der Waals surface area contributed by atoms with Gasteiger partial charge in [0.05, 0.1) is 13.7 Å². The van der Waals surface area contributed by atoms with Gasteiger partial charge in [0.1, 0.15) is 5.75 Å². The zero-order valence-corrected chi connectivity index (χ0v) is 15.3. The molecule has 1 heterocycles. The molecular weight excluding hydrogens is 360 g/mol. The van der Waals surface area contributed by atoms with Crippen molar-refractivity contribution in [2.24, 2.45) is 0 Å². The first-order valence-corrected chi connectivity index (χ1v) is 8.64. The molecule has 1 saturated heterocycles. The van der Waals surface area contributed by atoms with Crippen LogP contribution in [0.3, 0.4) is 0 Å². The summed E-state index contributed by atoms with van der Waals surface area (Å²) >= 11 is 3.44. The lowest BCUT2D eigenvalue weighted by molar-refractivity contribution is -0.139. The predicted octanol–water partition coefficient (Wildman–Crippen LogP) is 2.82. The molecule has 0 aromatic heterocycles. The normalized spacial score (nSPS) is 15.3. The summed E-state index contributed by atoms with van der Waals surface area (Å²) in [6, 6.07) is 5.72. The number of hydrogen-bond acceptors (Lipinski definition) is 3. The molecule has 5 nitrogen and oxygen atoms in total. The van der Waals surface area contributed by atoms with Crippen LogP contribution in [0.15, 0.2) is 22.7 Å². The SMILES string of the molecule is COc1ccc(Br)cc1CN(C)C(=O)CN1CCCCCC1=O. The van der Waals surface area contributed by atoms with Crippen LogP contribution in [0.1, 0.15) is 31.2 Å². The highest BCUT2D eigenvalue weighted by Gasteiger charge is 2.21. The molecular formula is C17H23BrN2O3. The topological polar surface area (TPSA) is 49.9 Å². The molecule has 0 unspecified atom stereocenters. The number of benzene rings is 1. The van der Waals surface area contributed by atoms with Crippen LogP contribution < -0.4 is 4.74 Å². The number of ether oxygens (including phenoxy) is 1. The molecule has 2 rings (SSSR count). The summed E-state index contributed by atoms with van der Waals surface area (Å²) in [7, 11) is 3.37. The summed E-state index contributed by atoms with van der Waals surface area (Å²) in [4.78, 5) is 27.8. The molecule has 1 fully saturated rings. The Hall–Kier alpha value is -1.56. The van der Waals surface area contributed by atoms with Crippen LogP contribution in [-0.4, -0.2) is 48.9 Å². The van der Waals surface area contributed by atoms with Crippen LogP contribution in [0.2, 0.25) is 0 Å². The first-order valence-electron chi connectivity index (χ1n) is 7.85. The van der Waals surface area contributed by atoms with E-state index in [1.807, 2.05) is 18.2 Å². The summed E-state index contributed by atoms with van der Waals surface area (Å²) < 4.78 is 6.28. The molecule has 0 saturated carbocycles. The fourth-order valence-electron chi connectivity index (χ4n) is 2.70. The fraction of sp³-hybridized carbons (Fsp3) is 0.529. The number of halogens is 1. The van der Waals surface area contributed by atoms with E-state index in [1.54, 1.807) is 24.0 Å². The van der Waals surface area contributed by atoms with Crippen LogP contribution in [0, 0.1) is 0 Å². The predicted molar refractivity (Wildman–Crippen MR) is 92.2 cm³/mol. The van der Waals surface area contributed by atoms with Crippen LogP contribution in [0.4, 0.5) is 0 Å². The smallest absolute Gasteiger partial charge is 0.242 e. The van der Waals surface area contributed by atoms with Crippen molar-refractivity contribution in [2.75, 3.05) is 27.2 Å². The summed E-state index contributed by atoms with van der Waals surface area (Å²) in [5, 5.41) is 0. The molecule has 0 radical (unpaired) electrons. The van der Waals surface area contributed by atoms with Crippen molar-refractivity contribution in [3.05, 3.63) is 28.2 Å². The second-order valence-electron chi connectivity index (χ2n) is 5.83. The monoisotopic (exact) mass is 382 g/mol. The molecule has 2 amide bonds. The average Bonchev–Trinajstić information content (AvgIpc) is 2.72. The Morgan fingerprint density at radius 3 is 2.87 bits per heavy atom. The molecule has 1 aromatic rings. The quantitative estimate of drug-likeness (QED) is 0.786. The van der Waals surface area contributed by atoms with Gasteiger partial charge in [0.25, 0.3) is 0 Å². The van der Waals surface area contributed by atoms with Crippen LogP contribution in [0.5, 0.6) is 5.75 Å². The van der Waals surface area contributed by atoms with Gasteiger partial charge in [0.15, 0.2) is 0 Å². The van der Waals surface area contributed by atoms with Crippen LogP contribution >= 0.6 is 15.9 Å². The second kappa shape index (κ2) is 8.34. The first-order chi connectivity index (χ1) is 11.0. The Labute approximate surface area is 145 Å². The average molecular weight is 383 g/mol. The third kappa shape index (κ3) is 4.96. The summed E-state index contributed by atoms with van der Waals surface area (Å²) in [6.07, 6.45) is 3.51. The van der Waals surface area contributed by atoms with Crippen LogP contribution in [-0.2, 0) is 16.1 Å². The minimum Gasteiger partial charge on any atom is -0.496 e. The number of nitrogens with zero attached hydrogens (tertiary/aromatic N) is 2. The van der Waals surface area contributed by atoms with Crippen molar-refractivity contribution in [1.29, 1.82) is 0 Å². The van der Waals surface area contributed by atoms with E-state index in [-0.39, 0.29) is 18.4 Å². The van der Waals surface area contributed by atoms with Crippen molar-refractivity contribution in [1.82, 2.24) is 9.80 Å². The van der Waals surface area contributed by atoms with Crippen molar-refractivity contribution < 1.29 is 14.3 Å². The number of carbonyl (C=O) groups is 2. The Kier molecular flexibility index (Phi) is 6.45. The number of rotatable bonds is 5. The Bertz CT molecular complexity index is 577. The van der Waals surface area contributed by atoms with Gasteiger partial charge in [-0.05, 0) is 31.0 Å². The Balaban J connectivity index is 1.99. The lowest BCUT2D eigenvalue weighted by Crippen LogP contribution is -2.41. The maximum absolute atomic E-state index is 12.4. The van der Waals surface area contributed by atoms with Crippen molar-refractivity contribution in [2.45, 2.75) is 32.2 Å². The van der Waals surface area contributed by atoms with Gasteiger partial charge >= 0.3 is 0 Å². The number of likely N-dealkylation sites (tertiary alicyclic amines) is 1. The first kappa shape index (κ1) is 17.8. The van der Waals surface area contributed by atoms with Crippen molar-refractivity contribution in [3.63, 3.8) is 0 Å². The molecule has 0 spiro atoms. The van der Waals surface area contributed by atoms with Crippen molar-refractivity contribution in [3.8, 4) is 5.75 Å². The second-order valence-corrected chi connectivity index (χ2v) is 6.75. The fourth-order valence-corrected chi connectivity index (χ4v) is 3.11. The molecule has 0 bridgehead atoms. The van der Waals surface area contributed by atoms with Crippen LogP contribution in [0.25, 0.3) is 0 Å². The summed E-state index contributed by atoms with van der Waals surface area (Å²) in [5.74, 6) is 0.783. The highest BCUT2D eigenvalue weighted by Crippen LogP contribution is 2.24. The molecule has 126 valence electrons. The van der Waals surface area contributed by atoms with E-state index < -0.39 is 0 Å². The van der Waals surface area contributed by atoms with E-state index >= 15 is 0 Å². The molecule has 6 heteroatoms. The van der Waals surface area contributed by atoms with E-state index in [1.165, 1.54) is 0 Å². The van der Waals surface area contributed by atoms with E-state index in [9.17, 15) is 9.59 Å². The van der Waals surface area contributed by atoms with Gasteiger partial charge < -0.3 is 14.5 Å². The van der Waals surface area contributed by atoms with E-state index in [0.717, 1.165) is 35.0 Å². The van der Waals surface area contributed by atoms with Gasteiger partial charge in [-0.2, -0.15) is 0 Å². The maximum atomic E-state index is 12.4. The zero-order valence-electron chi connectivity index (χ0n) is 13.7. The highest BCUT2D eigenvalue weighted by molar-refractivity contribution is 9.10. The highest BCUT2D eigenvalue weighted by atomic mass is 79.9. The molecule has 1 aliphatic heterocycles. The lowest BCUT2D eigenvalue weighted by atomic mass is 10.2. The Morgan fingerprint density at radius 2 is 2.13 bits per heavy atom. The van der Waals surface area contributed by atoms with Gasteiger partial charge in [0.2, 0.25) is 11.8 Å². The third-order valence-corrected chi connectivity index (χ3v) is 4.57. The van der Waals surface area contributed by atoms with E-state index in [2.05, 4.69) is 15.9 Å². The number of likely N-dealkylation sites (N-methyl/N-ethyl adjacent to an activating group) is 1. The van der Waals surface area contributed by atoms with Gasteiger partial charge in [-0.25, -0.2) is 0 Å². The molecule has 0 atom stereocenters. The van der Waals surface area contributed by atoms with Crippen molar-refractivity contribution >= 4 is 27.7 Å². The van der Waals surface area contributed by atoms with Gasteiger partial charge in [-0.15, -0.1) is 0 Å². The van der Waals surface area contributed by atoms with Gasteiger partial charge in [-0.1, -0.05) is 22.4 Å². The molecule has 0 N–H and O–H groups in total.